The van der Waals surface area contributed by atoms with Crippen LogP contribution in [0, 0.1) is 0 Å². The lowest BCUT2D eigenvalue weighted by Gasteiger charge is -2.14. The van der Waals surface area contributed by atoms with E-state index in [1.54, 1.807) is 11.3 Å². The fourth-order valence-corrected chi connectivity index (χ4v) is 4.12. The van der Waals surface area contributed by atoms with Crippen LogP contribution >= 0.6 is 11.3 Å². The highest BCUT2D eigenvalue weighted by Gasteiger charge is 2.26. The maximum Gasteiger partial charge on any atom is 0.263 e. The number of aryl methyl sites for hydroxylation is 2. The van der Waals surface area contributed by atoms with Gasteiger partial charge in [0.05, 0.1) is 4.88 Å². The fraction of sp³-hybridized carbons (Fsp3) is 0.643. The molecule has 0 unspecified atom stereocenters. The van der Waals surface area contributed by atoms with Crippen molar-refractivity contribution in [2.45, 2.75) is 44.6 Å². The highest BCUT2D eigenvalue weighted by molar-refractivity contribution is 7.14. The standard InChI is InChI=1S/C14H20N2OS/c15-11-6-7-16(9-11)14(17)13-8-10-4-2-1-3-5-12(10)18-13/h8,11H,1-7,9,15H2/t11-/m1/s1. The number of carbonyl (C=O) groups excluding carboxylic acids is 1. The molecule has 0 radical (unpaired) electrons. The van der Waals surface area contributed by atoms with E-state index in [1.165, 1.54) is 29.7 Å². The summed E-state index contributed by atoms with van der Waals surface area (Å²) < 4.78 is 0. The molecule has 0 saturated carbocycles. The van der Waals surface area contributed by atoms with Crippen molar-refractivity contribution >= 4 is 17.2 Å². The number of likely N-dealkylation sites (tertiary alicyclic amines) is 1. The Hall–Kier alpha value is -0.870. The topological polar surface area (TPSA) is 46.3 Å². The Morgan fingerprint density at radius 3 is 2.94 bits per heavy atom. The quantitative estimate of drug-likeness (QED) is 0.790. The van der Waals surface area contributed by atoms with Crippen LogP contribution in [0.25, 0.3) is 0 Å². The lowest BCUT2D eigenvalue weighted by molar-refractivity contribution is 0.0795. The first-order valence-electron chi connectivity index (χ1n) is 6.90. The second-order valence-corrected chi connectivity index (χ2v) is 6.56. The van der Waals surface area contributed by atoms with E-state index in [9.17, 15) is 4.79 Å². The lowest BCUT2D eigenvalue weighted by atomic mass is 10.1. The Kier molecular flexibility index (Phi) is 3.39. The average Bonchev–Trinajstić information content (AvgIpc) is 2.90. The summed E-state index contributed by atoms with van der Waals surface area (Å²) in [6, 6.07) is 2.31. The van der Waals surface area contributed by atoms with E-state index < -0.39 is 0 Å². The van der Waals surface area contributed by atoms with Crippen LogP contribution in [0.2, 0.25) is 0 Å². The summed E-state index contributed by atoms with van der Waals surface area (Å²) in [5.74, 6) is 0.195. The fourth-order valence-electron chi connectivity index (χ4n) is 2.90. The van der Waals surface area contributed by atoms with Crippen LogP contribution in [-0.2, 0) is 12.8 Å². The molecule has 1 aromatic heterocycles. The first-order chi connectivity index (χ1) is 8.74. The van der Waals surface area contributed by atoms with Gasteiger partial charge in [-0.15, -0.1) is 11.3 Å². The molecular formula is C14H20N2OS. The van der Waals surface area contributed by atoms with Crippen LogP contribution in [0.4, 0.5) is 0 Å². The number of nitrogens with two attached hydrogens (primary N) is 1. The van der Waals surface area contributed by atoms with E-state index in [2.05, 4.69) is 6.07 Å². The highest BCUT2D eigenvalue weighted by atomic mass is 32.1. The predicted octanol–water partition coefficient (Wildman–Crippen LogP) is 2.19. The van der Waals surface area contributed by atoms with Crippen LogP contribution in [0.1, 0.15) is 45.8 Å². The number of rotatable bonds is 1. The molecule has 98 valence electrons. The van der Waals surface area contributed by atoms with E-state index in [0.29, 0.717) is 0 Å². The van der Waals surface area contributed by atoms with Gasteiger partial charge in [0.2, 0.25) is 0 Å². The van der Waals surface area contributed by atoms with Gasteiger partial charge in [0.25, 0.3) is 5.91 Å². The van der Waals surface area contributed by atoms with Crippen molar-refractivity contribution in [1.29, 1.82) is 0 Å². The van der Waals surface area contributed by atoms with E-state index >= 15 is 0 Å². The maximum absolute atomic E-state index is 12.4. The molecule has 0 bridgehead atoms. The van der Waals surface area contributed by atoms with Gasteiger partial charge in [-0.1, -0.05) is 6.42 Å². The van der Waals surface area contributed by atoms with Crippen molar-refractivity contribution in [3.8, 4) is 0 Å². The zero-order valence-electron chi connectivity index (χ0n) is 10.7. The zero-order chi connectivity index (χ0) is 12.5. The Labute approximate surface area is 112 Å². The summed E-state index contributed by atoms with van der Waals surface area (Å²) >= 11 is 1.71. The first kappa shape index (κ1) is 12.2. The second-order valence-electron chi connectivity index (χ2n) is 5.42. The van der Waals surface area contributed by atoms with Gasteiger partial charge in [0, 0.05) is 24.0 Å². The molecule has 18 heavy (non-hydrogen) atoms. The van der Waals surface area contributed by atoms with Gasteiger partial charge in [-0.3, -0.25) is 4.79 Å². The molecule has 0 aromatic carbocycles. The van der Waals surface area contributed by atoms with Gasteiger partial charge < -0.3 is 10.6 Å². The molecule has 4 heteroatoms. The van der Waals surface area contributed by atoms with Crippen LogP contribution in [0.15, 0.2) is 6.07 Å². The predicted molar refractivity (Wildman–Crippen MR) is 74.1 cm³/mol. The minimum atomic E-state index is 0.173. The highest BCUT2D eigenvalue weighted by Crippen LogP contribution is 2.30. The molecule has 1 amide bonds. The molecule has 2 N–H and O–H groups in total. The van der Waals surface area contributed by atoms with Gasteiger partial charge in [0.15, 0.2) is 0 Å². The molecule has 2 aliphatic rings. The van der Waals surface area contributed by atoms with E-state index in [1.807, 2.05) is 4.90 Å². The smallest absolute Gasteiger partial charge is 0.263 e. The van der Waals surface area contributed by atoms with Gasteiger partial charge in [-0.25, -0.2) is 0 Å². The second kappa shape index (κ2) is 5.02. The number of hydrogen-bond acceptors (Lipinski definition) is 3. The number of thiophene rings is 1. The van der Waals surface area contributed by atoms with Crippen molar-refractivity contribution in [3.05, 3.63) is 21.4 Å². The van der Waals surface area contributed by atoms with Crippen molar-refractivity contribution in [2.75, 3.05) is 13.1 Å². The molecular weight excluding hydrogens is 244 g/mol. The third-order valence-corrected chi connectivity index (χ3v) is 5.19. The van der Waals surface area contributed by atoms with E-state index in [0.717, 1.165) is 37.2 Å². The van der Waals surface area contributed by atoms with Gasteiger partial charge in [-0.2, -0.15) is 0 Å². The number of nitrogens with zero attached hydrogens (tertiary/aromatic N) is 1. The van der Waals surface area contributed by atoms with Crippen molar-refractivity contribution < 1.29 is 4.79 Å². The Morgan fingerprint density at radius 1 is 1.33 bits per heavy atom. The molecule has 3 rings (SSSR count). The maximum atomic E-state index is 12.4. The molecule has 1 aromatic rings. The lowest BCUT2D eigenvalue weighted by Crippen LogP contribution is -2.31. The minimum Gasteiger partial charge on any atom is -0.336 e. The molecule has 3 nitrogen and oxygen atoms in total. The summed E-state index contributed by atoms with van der Waals surface area (Å²) in [6.45, 7) is 1.55. The number of carbonyl (C=O) groups is 1. The molecule has 1 fully saturated rings. The minimum absolute atomic E-state index is 0.173. The third kappa shape index (κ3) is 2.31. The molecule has 2 heterocycles. The van der Waals surface area contributed by atoms with Gasteiger partial charge >= 0.3 is 0 Å². The first-order valence-corrected chi connectivity index (χ1v) is 7.72. The van der Waals surface area contributed by atoms with Crippen molar-refractivity contribution in [3.63, 3.8) is 0 Å². The monoisotopic (exact) mass is 264 g/mol. The Balaban J connectivity index is 1.78. The van der Waals surface area contributed by atoms with Crippen LogP contribution in [0.3, 0.4) is 0 Å². The van der Waals surface area contributed by atoms with Crippen molar-refractivity contribution in [1.82, 2.24) is 4.90 Å². The zero-order valence-corrected chi connectivity index (χ0v) is 11.5. The van der Waals surface area contributed by atoms with Crippen LogP contribution < -0.4 is 5.73 Å². The molecule has 1 saturated heterocycles. The summed E-state index contributed by atoms with van der Waals surface area (Å²) in [5, 5.41) is 0. The van der Waals surface area contributed by atoms with Gasteiger partial charge in [-0.05, 0) is 43.7 Å². The van der Waals surface area contributed by atoms with Gasteiger partial charge in [0.1, 0.15) is 0 Å². The third-order valence-electron chi connectivity index (χ3n) is 3.97. The molecule has 0 spiro atoms. The largest absolute Gasteiger partial charge is 0.336 e. The van der Waals surface area contributed by atoms with Crippen LogP contribution in [-0.4, -0.2) is 29.9 Å². The number of hydrogen-bond donors (Lipinski definition) is 1. The summed E-state index contributed by atoms with van der Waals surface area (Å²) in [6.07, 6.45) is 7.12. The number of fused-ring (bicyclic) bond motifs is 1. The normalized spacial score (nSPS) is 23.8. The molecule has 1 atom stereocenters. The van der Waals surface area contributed by atoms with E-state index in [-0.39, 0.29) is 11.9 Å². The average molecular weight is 264 g/mol. The summed E-state index contributed by atoms with van der Waals surface area (Å²) in [5.41, 5.74) is 7.29. The molecule has 1 aliphatic carbocycles. The van der Waals surface area contributed by atoms with Crippen molar-refractivity contribution in [2.24, 2.45) is 5.73 Å². The van der Waals surface area contributed by atoms with Crippen LogP contribution in [0.5, 0.6) is 0 Å². The summed E-state index contributed by atoms with van der Waals surface area (Å²) in [7, 11) is 0. The van der Waals surface area contributed by atoms with E-state index in [4.69, 9.17) is 5.73 Å². The molecule has 1 aliphatic heterocycles. The Morgan fingerprint density at radius 2 is 2.17 bits per heavy atom. The summed E-state index contributed by atoms with van der Waals surface area (Å²) in [4.78, 5) is 16.7. The SMILES string of the molecule is N[C@@H]1CCN(C(=O)c2cc3c(s2)CCCCC3)C1. The number of amides is 1. The Bertz CT molecular complexity index is 431.